The van der Waals surface area contributed by atoms with Crippen LogP contribution in [0.4, 0.5) is 14.5 Å². The van der Waals surface area contributed by atoms with E-state index in [0.717, 1.165) is 32.0 Å². The van der Waals surface area contributed by atoms with Crippen LogP contribution in [0.15, 0.2) is 60.8 Å². The lowest BCUT2D eigenvalue weighted by molar-refractivity contribution is -0.136. The normalized spacial score (nSPS) is 13.4. The van der Waals surface area contributed by atoms with Crippen LogP contribution in [0, 0.1) is 24.5 Å². The Balaban J connectivity index is 1.25. The molecule has 0 unspecified atom stereocenters. The van der Waals surface area contributed by atoms with Gasteiger partial charge in [-0.3, -0.25) is 14.6 Å². The van der Waals surface area contributed by atoms with Crippen molar-refractivity contribution in [3.63, 3.8) is 0 Å². The van der Waals surface area contributed by atoms with E-state index in [2.05, 4.69) is 20.9 Å². The summed E-state index contributed by atoms with van der Waals surface area (Å²) in [6.45, 7) is 3.95. The summed E-state index contributed by atoms with van der Waals surface area (Å²) in [5, 5.41) is 8.63. The number of methoxy groups -OCH3 is 1. The molecule has 0 spiro atoms. The van der Waals surface area contributed by atoms with E-state index in [1.54, 1.807) is 50.6 Å². The van der Waals surface area contributed by atoms with Gasteiger partial charge in [-0.25, -0.2) is 8.78 Å². The predicted octanol–water partition coefficient (Wildman–Crippen LogP) is 5.26. The minimum Gasteiger partial charge on any atom is -0.493 e. The fraction of sp³-hybridized carbons (Fsp3) is 0.281. The van der Waals surface area contributed by atoms with E-state index in [-0.39, 0.29) is 23.5 Å². The van der Waals surface area contributed by atoms with Gasteiger partial charge < -0.3 is 30.2 Å². The van der Waals surface area contributed by atoms with Crippen LogP contribution in [0.3, 0.4) is 0 Å². The molecule has 11 heteroatoms. The summed E-state index contributed by atoms with van der Waals surface area (Å²) in [5.74, 6) is -1.47. The van der Waals surface area contributed by atoms with Crippen molar-refractivity contribution in [1.29, 1.82) is 0 Å². The third-order valence-electron chi connectivity index (χ3n) is 7.25. The van der Waals surface area contributed by atoms with Gasteiger partial charge in [-0.2, -0.15) is 0 Å². The van der Waals surface area contributed by atoms with E-state index >= 15 is 4.39 Å². The van der Waals surface area contributed by atoms with Crippen LogP contribution in [0.1, 0.15) is 24.0 Å². The molecule has 1 saturated heterocycles. The molecule has 1 aliphatic rings. The van der Waals surface area contributed by atoms with E-state index < -0.39 is 23.4 Å². The Kier molecular flexibility index (Phi) is 9.31. The van der Waals surface area contributed by atoms with E-state index in [1.807, 2.05) is 0 Å². The van der Waals surface area contributed by atoms with Gasteiger partial charge in [0, 0.05) is 41.5 Å². The maximum atomic E-state index is 15.0. The number of nitrogens with one attached hydrogen (secondary N) is 3. The summed E-state index contributed by atoms with van der Waals surface area (Å²) >= 11 is 0. The first-order chi connectivity index (χ1) is 20.8. The average molecular weight is 591 g/mol. The van der Waals surface area contributed by atoms with Crippen molar-refractivity contribution in [3.8, 4) is 23.0 Å². The van der Waals surface area contributed by atoms with Crippen molar-refractivity contribution >= 4 is 28.4 Å². The third kappa shape index (κ3) is 7.18. The maximum absolute atomic E-state index is 15.0. The number of hydrogen-bond donors (Lipinski definition) is 3. The minimum atomic E-state index is -1.02. The Morgan fingerprint density at radius 3 is 2.56 bits per heavy atom. The molecule has 4 aromatic rings. The lowest BCUT2D eigenvalue weighted by Crippen LogP contribution is -2.35. The van der Waals surface area contributed by atoms with Crippen LogP contribution in [0.5, 0.6) is 23.0 Å². The number of benzene rings is 3. The molecule has 3 N–H and O–H groups in total. The van der Waals surface area contributed by atoms with Gasteiger partial charge in [0.25, 0.3) is 0 Å². The van der Waals surface area contributed by atoms with Crippen molar-refractivity contribution < 1.29 is 32.6 Å². The fourth-order valence-electron chi connectivity index (χ4n) is 4.81. The minimum absolute atomic E-state index is 0.0449. The zero-order chi connectivity index (χ0) is 30.3. The van der Waals surface area contributed by atoms with Gasteiger partial charge in [-0.15, -0.1) is 0 Å². The van der Waals surface area contributed by atoms with E-state index in [0.29, 0.717) is 46.2 Å². The summed E-state index contributed by atoms with van der Waals surface area (Å²) in [7, 11) is 1.54. The van der Waals surface area contributed by atoms with Crippen LogP contribution in [-0.2, 0) is 16.1 Å². The van der Waals surface area contributed by atoms with E-state index in [9.17, 15) is 14.0 Å². The third-order valence-corrected chi connectivity index (χ3v) is 7.25. The first-order valence-electron chi connectivity index (χ1n) is 13.9. The van der Waals surface area contributed by atoms with Gasteiger partial charge in [-0.05, 0) is 68.6 Å². The van der Waals surface area contributed by atoms with Crippen LogP contribution in [0.2, 0.25) is 0 Å². The Morgan fingerprint density at radius 2 is 1.79 bits per heavy atom. The first-order valence-corrected chi connectivity index (χ1v) is 13.9. The van der Waals surface area contributed by atoms with Crippen molar-refractivity contribution in [2.45, 2.75) is 26.3 Å². The molecule has 3 aromatic carbocycles. The summed E-state index contributed by atoms with van der Waals surface area (Å²) < 4.78 is 46.7. The number of carbonyl (C=O) groups is 2. The van der Waals surface area contributed by atoms with Gasteiger partial charge in [-0.1, -0.05) is 18.2 Å². The molecule has 0 bridgehead atoms. The van der Waals surface area contributed by atoms with Crippen molar-refractivity contribution in [3.05, 3.63) is 83.6 Å². The number of rotatable bonds is 9. The highest BCUT2D eigenvalue weighted by Crippen LogP contribution is 2.38. The zero-order valence-electron chi connectivity index (χ0n) is 23.8. The molecule has 224 valence electrons. The molecule has 2 heterocycles. The molecule has 1 aliphatic heterocycles. The van der Waals surface area contributed by atoms with E-state index in [1.165, 1.54) is 18.2 Å². The average Bonchev–Trinajstić information content (AvgIpc) is 3.02. The van der Waals surface area contributed by atoms with Gasteiger partial charge in [0.1, 0.15) is 11.6 Å². The largest absolute Gasteiger partial charge is 0.493 e. The van der Waals surface area contributed by atoms with Crippen molar-refractivity contribution in [2.24, 2.45) is 5.92 Å². The smallest absolute Gasteiger partial charge is 0.313 e. The molecular formula is C32H32F2N4O5. The molecular weight excluding hydrogens is 558 g/mol. The maximum Gasteiger partial charge on any atom is 0.313 e. The number of piperidine rings is 1. The highest BCUT2D eigenvalue weighted by Gasteiger charge is 2.19. The number of pyridine rings is 1. The zero-order valence-corrected chi connectivity index (χ0v) is 23.8. The molecule has 9 nitrogen and oxygen atoms in total. The van der Waals surface area contributed by atoms with E-state index in [4.69, 9.17) is 14.2 Å². The quantitative estimate of drug-likeness (QED) is 0.228. The molecule has 1 fully saturated rings. The molecule has 2 amide bonds. The van der Waals surface area contributed by atoms with Crippen LogP contribution in [0.25, 0.3) is 10.9 Å². The lowest BCUT2D eigenvalue weighted by atomic mass is 9.99. The van der Waals surface area contributed by atoms with Gasteiger partial charge in [0.2, 0.25) is 0 Å². The highest BCUT2D eigenvalue weighted by molar-refractivity contribution is 6.39. The summed E-state index contributed by atoms with van der Waals surface area (Å²) in [5.41, 5.74) is 1.30. The predicted molar refractivity (Wildman–Crippen MR) is 157 cm³/mol. The second-order valence-electron chi connectivity index (χ2n) is 10.3. The number of amides is 2. The van der Waals surface area contributed by atoms with Gasteiger partial charge in [0.05, 0.1) is 19.2 Å². The number of aryl methyl sites for hydroxylation is 1. The molecule has 43 heavy (non-hydrogen) atoms. The summed E-state index contributed by atoms with van der Waals surface area (Å²) in [6, 6.07) is 13.7. The Bertz CT molecular complexity index is 1640. The number of fused-ring (bicyclic) bond motifs is 1. The second-order valence-corrected chi connectivity index (χ2v) is 10.3. The number of carbonyl (C=O) groups excluding carboxylic acids is 2. The Hall–Kier alpha value is -4.77. The molecule has 5 rings (SSSR count). The van der Waals surface area contributed by atoms with Crippen molar-refractivity contribution in [2.75, 3.05) is 32.1 Å². The molecule has 0 atom stereocenters. The molecule has 0 aliphatic carbocycles. The fourth-order valence-corrected chi connectivity index (χ4v) is 4.81. The van der Waals surface area contributed by atoms with Crippen LogP contribution in [-0.4, -0.2) is 43.6 Å². The number of halogens is 2. The number of hydrogen-bond acceptors (Lipinski definition) is 7. The Morgan fingerprint density at radius 1 is 0.977 bits per heavy atom. The summed E-state index contributed by atoms with van der Waals surface area (Å²) in [4.78, 5) is 29.0. The molecule has 0 saturated carbocycles. The highest BCUT2D eigenvalue weighted by atomic mass is 19.1. The molecule has 0 radical (unpaired) electrons. The molecule has 1 aromatic heterocycles. The SMILES string of the molecule is COc1cc2c(Oc3ccc(NC(=O)C(=O)NCc4cccc(C)c4F)cc3F)ccnc2cc1OCC1CCNCC1. The number of aromatic nitrogens is 1. The van der Waals surface area contributed by atoms with Crippen LogP contribution >= 0.6 is 0 Å². The van der Waals surface area contributed by atoms with Crippen molar-refractivity contribution in [1.82, 2.24) is 15.6 Å². The number of anilines is 1. The first kappa shape index (κ1) is 29.7. The monoisotopic (exact) mass is 590 g/mol. The topological polar surface area (TPSA) is 111 Å². The van der Waals surface area contributed by atoms with Gasteiger partial charge >= 0.3 is 11.8 Å². The summed E-state index contributed by atoms with van der Waals surface area (Å²) in [6.07, 6.45) is 3.64. The Labute approximate surface area is 247 Å². The van der Waals surface area contributed by atoms with Crippen LogP contribution < -0.4 is 30.2 Å². The second kappa shape index (κ2) is 13.5. The standard InChI is InChI=1S/C32H32F2N4O5/c1-19-4-3-5-21(30(19)34)17-37-31(39)32(40)38-22-6-7-27(24(33)14-22)43-26-10-13-36-25-16-29(28(41-2)15-23(25)26)42-18-20-8-11-35-12-9-20/h3-7,10,13-16,20,35H,8-9,11-12,17-18H2,1-2H3,(H,37,39)(H,38,40). The van der Waals surface area contributed by atoms with Gasteiger partial charge in [0.15, 0.2) is 23.1 Å². The number of ether oxygens (including phenoxy) is 3. The number of nitrogens with zero attached hydrogens (tertiary/aromatic N) is 1. The lowest BCUT2D eigenvalue weighted by Gasteiger charge is -2.23.